The Kier molecular flexibility index (Phi) is 4.14. The SMILES string of the molecule is CCC1(CNC(C)CC(=O)N(C)C)CC1. The maximum Gasteiger partial charge on any atom is 0.223 e. The largest absolute Gasteiger partial charge is 0.349 e. The summed E-state index contributed by atoms with van der Waals surface area (Å²) in [6.45, 7) is 5.42. The van der Waals surface area contributed by atoms with Crippen molar-refractivity contribution in [3.05, 3.63) is 0 Å². The van der Waals surface area contributed by atoms with E-state index < -0.39 is 0 Å². The van der Waals surface area contributed by atoms with Gasteiger partial charge in [-0.05, 0) is 31.6 Å². The third-order valence-electron chi connectivity index (χ3n) is 3.51. The highest BCUT2D eigenvalue weighted by atomic mass is 16.2. The maximum absolute atomic E-state index is 11.4. The number of amides is 1. The van der Waals surface area contributed by atoms with E-state index in [1.54, 1.807) is 4.90 Å². The zero-order chi connectivity index (χ0) is 11.5. The van der Waals surface area contributed by atoms with Crippen molar-refractivity contribution in [3.8, 4) is 0 Å². The molecule has 3 heteroatoms. The van der Waals surface area contributed by atoms with Crippen molar-refractivity contribution >= 4 is 5.91 Å². The van der Waals surface area contributed by atoms with Gasteiger partial charge in [0.05, 0.1) is 0 Å². The van der Waals surface area contributed by atoms with Gasteiger partial charge in [0.1, 0.15) is 0 Å². The highest BCUT2D eigenvalue weighted by Gasteiger charge is 2.40. The molecule has 1 aliphatic carbocycles. The zero-order valence-electron chi connectivity index (χ0n) is 10.5. The number of nitrogens with one attached hydrogen (secondary N) is 1. The lowest BCUT2D eigenvalue weighted by atomic mass is 10.0. The zero-order valence-corrected chi connectivity index (χ0v) is 10.5. The molecule has 1 amide bonds. The van der Waals surface area contributed by atoms with Gasteiger partial charge in [0.25, 0.3) is 0 Å². The molecular weight excluding hydrogens is 188 g/mol. The molecule has 1 aliphatic rings. The van der Waals surface area contributed by atoms with Crippen LogP contribution in [0.1, 0.15) is 39.5 Å². The minimum absolute atomic E-state index is 0.205. The molecule has 0 bridgehead atoms. The Balaban J connectivity index is 2.19. The summed E-state index contributed by atoms with van der Waals surface area (Å²) in [4.78, 5) is 13.1. The molecule has 0 spiro atoms. The summed E-state index contributed by atoms with van der Waals surface area (Å²) in [6.07, 6.45) is 4.57. The molecule has 1 saturated carbocycles. The molecule has 1 rings (SSSR count). The van der Waals surface area contributed by atoms with E-state index >= 15 is 0 Å². The number of carbonyl (C=O) groups is 1. The van der Waals surface area contributed by atoms with Crippen LogP contribution in [0.3, 0.4) is 0 Å². The number of rotatable bonds is 6. The molecule has 0 aliphatic heterocycles. The Morgan fingerprint density at radius 1 is 1.47 bits per heavy atom. The third kappa shape index (κ3) is 3.82. The summed E-state index contributed by atoms with van der Waals surface area (Å²) in [5.41, 5.74) is 0.565. The lowest BCUT2D eigenvalue weighted by Gasteiger charge is -2.20. The van der Waals surface area contributed by atoms with Crippen LogP contribution in [0.15, 0.2) is 0 Å². The minimum Gasteiger partial charge on any atom is -0.349 e. The van der Waals surface area contributed by atoms with Crippen molar-refractivity contribution in [2.24, 2.45) is 5.41 Å². The van der Waals surface area contributed by atoms with E-state index in [2.05, 4.69) is 19.2 Å². The highest BCUT2D eigenvalue weighted by molar-refractivity contribution is 5.76. The fourth-order valence-electron chi connectivity index (χ4n) is 1.74. The molecule has 3 nitrogen and oxygen atoms in total. The molecule has 0 aromatic heterocycles. The van der Waals surface area contributed by atoms with Crippen LogP contribution in [0, 0.1) is 5.41 Å². The van der Waals surface area contributed by atoms with Crippen molar-refractivity contribution < 1.29 is 4.79 Å². The van der Waals surface area contributed by atoms with E-state index in [1.165, 1.54) is 19.3 Å². The van der Waals surface area contributed by atoms with Crippen LogP contribution in [-0.4, -0.2) is 37.5 Å². The number of hydrogen-bond donors (Lipinski definition) is 1. The Morgan fingerprint density at radius 3 is 2.47 bits per heavy atom. The number of carbonyl (C=O) groups excluding carboxylic acids is 1. The minimum atomic E-state index is 0.205. The molecule has 15 heavy (non-hydrogen) atoms. The Morgan fingerprint density at radius 2 is 2.07 bits per heavy atom. The van der Waals surface area contributed by atoms with Gasteiger partial charge in [0.15, 0.2) is 0 Å². The monoisotopic (exact) mass is 212 g/mol. The third-order valence-corrected chi connectivity index (χ3v) is 3.51. The molecule has 0 aromatic rings. The molecule has 0 aromatic carbocycles. The molecule has 1 fully saturated rings. The van der Waals surface area contributed by atoms with Crippen molar-refractivity contribution in [2.45, 2.75) is 45.6 Å². The van der Waals surface area contributed by atoms with Gasteiger partial charge >= 0.3 is 0 Å². The van der Waals surface area contributed by atoms with Crippen LogP contribution in [0.4, 0.5) is 0 Å². The second kappa shape index (κ2) is 4.97. The first kappa shape index (κ1) is 12.5. The van der Waals surface area contributed by atoms with Crippen LogP contribution in [0.25, 0.3) is 0 Å². The highest BCUT2D eigenvalue weighted by Crippen LogP contribution is 2.47. The Hall–Kier alpha value is -0.570. The van der Waals surface area contributed by atoms with E-state index in [9.17, 15) is 4.79 Å². The predicted molar refractivity (Wildman–Crippen MR) is 62.7 cm³/mol. The first-order chi connectivity index (χ1) is 6.99. The summed E-state index contributed by atoms with van der Waals surface area (Å²) < 4.78 is 0. The van der Waals surface area contributed by atoms with Gasteiger partial charge in [-0.25, -0.2) is 0 Å². The van der Waals surface area contributed by atoms with Gasteiger partial charge in [-0.2, -0.15) is 0 Å². The maximum atomic E-state index is 11.4. The second-order valence-corrected chi connectivity index (χ2v) is 5.13. The first-order valence-corrected chi connectivity index (χ1v) is 5.92. The van der Waals surface area contributed by atoms with E-state index in [4.69, 9.17) is 0 Å². The molecule has 0 saturated heterocycles. The predicted octanol–water partition coefficient (Wildman–Crippen LogP) is 1.63. The molecule has 0 heterocycles. The summed E-state index contributed by atoms with van der Waals surface area (Å²) in [5, 5.41) is 3.47. The fourth-order valence-corrected chi connectivity index (χ4v) is 1.74. The number of hydrogen-bond acceptors (Lipinski definition) is 2. The normalized spacial score (nSPS) is 19.7. The average molecular weight is 212 g/mol. The molecular formula is C12H24N2O. The van der Waals surface area contributed by atoms with Gasteiger partial charge in [-0.1, -0.05) is 6.92 Å². The van der Waals surface area contributed by atoms with Crippen LogP contribution >= 0.6 is 0 Å². The molecule has 88 valence electrons. The molecule has 1 unspecified atom stereocenters. The van der Waals surface area contributed by atoms with Crippen LogP contribution < -0.4 is 5.32 Å². The lowest BCUT2D eigenvalue weighted by molar-refractivity contribution is -0.129. The first-order valence-electron chi connectivity index (χ1n) is 5.92. The van der Waals surface area contributed by atoms with Gasteiger partial charge in [0.2, 0.25) is 5.91 Å². The van der Waals surface area contributed by atoms with Crippen LogP contribution in [-0.2, 0) is 4.79 Å². The van der Waals surface area contributed by atoms with E-state index in [0.29, 0.717) is 17.9 Å². The molecule has 1 atom stereocenters. The van der Waals surface area contributed by atoms with E-state index in [0.717, 1.165) is 6.54 Å². The average Bonchev–Trinajstić information content (AvgIpc) is 2.95. The Bertz CT molecular complexity index is 222. The lowest BCUT2D eigenvalue weighted by Crippen LogP contribution is -2.36. The summed E-state index contributed by atoms with van der Waals surface area (Å²) in [7, 11) is 3.62. The van der Waals surface area contributed by atoms with Gasteiger partial charge in [0, 0.05) is 33.1 Å². The van der Waals surface area contributed by atoms with Gasteiger partial charge in [-0.15, -0.1) is 0 Å². The van der Waals surface area contributed by atoms with Crippen LogP contribution in [0.2, 0.25) is 0 Å². The van der Waals surface area contributed by atoms with Gasteiger partial charge < -0.3 is 10.2 Å². The summed E-state index contributed by atoms with van der Waals surface area (Å²) >= 11 is 0. The van der Waals surface area contributed by atoms with E-state index in [1.807, 2.05) is 14.1 Å². The van der Waals surface area contributed by atoms with Crippen LogP contribution in [0.5, 0.6) is 0 Å². The Labute approximate surface area is 93.2 Å². The summed E-state index contributed by atoms with van der Waals surface area (Å²) in [6, 6.07) is 0.295. The quantitative estimate of drug-likeness (QED) is 0.726. The fraction of sp³-hybridized carbons (Fsp3) is 0.917. The van der Waals surface area contributed by atoms with Crippen molar-refractivity contribution in [3.63, 3.8) is 0 Å². The smallest absolute Gasteiger partial charge is 0.223 e. The second-order valence-electron chi connectivity index (χ2n) is 5.13. The molecule has 0 radical (unpaired) electrons. The standard InChI is InChI=1S/C12H24N2O/c1-5-12(6-7-12)9-13-10(2)8-11(15)14(3)4/h10,13H,5-9H2,1-4H3. The number of nitrogens with zero attached hydrogens (tertiary/aromatic N) is 1. The molecule has 1 N–H and O–H groups in total. The van der Waals surface area contributed by atoms with Crippen molar-refractivity contribution in [2.75, 3.05) is 20.6 Å². The van der Waals surface area contributed by atoms with Gasteiger partial charge in [-0.3, -0.25) is 4.79 Å². The van der Waals surface area contributed by atoms with Crippen molar-refractivity contribution in [1.29, 1.82) is 0 Å². The van der Waals surface area contributed by atoms with Crippen molar-refractivity contribution in [1.82, 2.24) is 10.2 Å². The van der Waals surface area contributed by atoms with E-state index in [-0.39, 0.29) is 5.91 Å². The topological polar surface area (TPSA) is 32.3 Å². The summed E-state index contributed by atoms with van der Waals surface area (Å²) in [5.74, 6) is 0.205.